The highest BCUT2D eigenvalue weighted by molar-refractivity contribution is 5.95. The van der Waals surface area contributed by atoms with E-state index in [-0.39, 0.29) is 13.0 Å². The Hall–Kier alpha value is -5.05. The van der Waals surface area contributed by atoms with E-state index < -0.39 is 30.1 Å². The number of carbonyl (C=O) groups excluding carboxylic acids is 2. The summed E-state index contributed by atoms with van der Waals surface area (Å²) < 4.78 is 5.37. The van der Waals surface area contributed by atoms with E-state index in [9.17, 15) is 19.5 Å². The lowest BCUT2D eigenvalue weighted by molar-refractivity contribution is -0.137. The molecule has 0 spiro atoms. The van der Waals surface area contributed by atoms with Crippen molar-refractivity contribution in [3.63, 3.8) is 0 Å². The molecule has 0 radical (unpaired) electrons. The van der Waals surface area contributed by atoms with Crippen LogP contribution >= 0.6 is 0 Å². The van der Waals surface area contributed by atoms with Gasteiger partial charge in [0.15, 0.2) is 0 Å². The van der Waals surface area contributed by atoms with Gasteiger partial charge in [-0.15, -0.1) is 0 Å². The van der Waals surface area contributed by atoms with Crippen LogP contribution in [0.15, 0.2) is 78.9 Å². The normalized spacial score (nSPS) is 17.5. The first-order valence-electron chi connectivity index (χ1n) is 13.0. The Morgan fingerprint density at radius 1 is 1.02 bits per heavy atom. The fraction of sp³-hybridized carbons (Fsp3) is 0.194. The summed E-state index contributed by atoms with van der Waals surface area (Å²) in [6.07, 6.45) is -0.449. The molecule has 2 amide bonds. The lowest BCUT2D eigenvalue weighted by Gasteiger charge is -2.25. The summed E-state index contributed by atoms with van der Waals surface area (Å²) in [6.45, 7) is 2.11. The van der Waals surface area contributed by atoms with Crippen molar-refractivity contribution in [2.45, 2.75) is 31.8 Å². The lowest BCUT2D eigenvalue weighted by atomic mass is 9.96. The van der Waals surface area contributed by atoms with E-state index in [2.05, 4.69) is 16.0 Å². The molecule has 4 aromatic carbocycles. The number of fused-ring (bicyclic) bond motifs is 10. The zero-order valence-electron chi connectivity index (χ0n) is 21.9. The van der Waals surface area contributed by atoms with Gasteiger partial charge in [0.05, 0.1) is 19.1 Å². The van der Waals surface area contributed by atoms with Crippen molar-refractivity contribution in [1.29, 1.82) is 0 Å². The molecule has 9 heteroatoms. The van der Waals surface area contributed by atoms with Crippen molar-refractivity contribution < 1.29 is 24.2 Å². The van der Waals surface area contributed by atoms with Gasteiger partial charge >= 0.3 is 12.1 Å². The fourth-order valence-electron chi connectivity index (χ4n) is 4.97. The van der Waals surface area contributed by atoms with Crippen LogP contribution in [-0.4, -0.2) is 29.7 Å². The first-order chi connectivity index (χ1) is 19.3. The minimum Gasteiger partial charge on any atom is -0.481 e. The molecule has 1 unspecified atom stereocenters. The van der Waals surface area contributed by atoms with Crippen molar-refractivity contribution in [2.75, 3.05) is 23.0 Å². The molecule has 2 atom stereocenters. The second kappa shape index (κ2) is 11.4. The van der Waals surface area contributed by atoms with Gasteiger partial charge in [0.1, 0.15) is 6.04 Å². The second-order valence-corrected chi connectivity index (χ2v) is 9.84. The number of hydrogen-bond acceptors (Lipinski definition) is 6. The predicted molar refractivity (Wildman–Crippen MR) is 154 cm³/mol. The van der Waals surface area contributed by atoms with Crippen molar-refractivity contribution >= 4 is 45.8 Å². The van der Waals surface area contributed by atoms with Gasteiger partial charge in [-0.05, 0) is 64.9 Å². The van der Waals surface area contributed by atoms with E-state index in [1.165, 1.54) is 0 Å². The van der Waals surface area contributed by atoms with Crippen LogP contribution in [0.4, 0.5) is 21.9 Å². The molecule has 0 saturated heterocycles. The second-order valence-electron chi connectivity index (χ2n) is 9.84. The van der Waals surface area contributed by atoms with Gasteiger partial charge in [-0.2, -0.15) is 0 Å². The number of amides is 2. The molecule has 2 heterocycles. The molecule has 6 N–H and O–H groups in total. The molecular weight excluding hydrogens is 508 g/mol. The van der Waals surface area contributed by atoms with Crippen LogP contribution in [0.25, 0.3) is 10.8 Å². The average Bonchev–Trinajstić information content (AvgIpc) is 2.92. The molecule has 40 heavy (non-hydrogen) atoms. The van der Waals surface area contributed by atoms with Crippen LogP contribution in [-0.2, 0) is 20.7 Å². The number of hydrogen-bond donors (Lipinski definition) is 5. The number of aliphatic carboxylic acids is 1. The van der Waals surface area contributed by atoms with Gasteiger partial charge in [-0.3, -0.25) is 14.9 Å². The summed E-state index contributed by atoms with van der Waals surface area (Å²) in [5, 5.41) is 20.4. The number of carbonyl (C=O) groups is 3. The van der Waals surface area contributed by atoms with Crippen molar-refractivity contribution in [3.05, 3.63) is 101 Å². The number of nitrogens with one attached hydrogen (secondary N) is 3. The van der Waals surface area contributed by atoms with Gasteiger partial charge < -0.3 is 26.2 Å². The predicted octanol–water partition coefficient (Wildman–Crippen LogP) is 5.32. The molecule has 0 aliphatic carbocycles. The highest BCUT2D eigenvalue weighted by Crippen LogP contribution is 2.29. The maximum atomic E-state index is 13.9. The average molecular weight is 539 g/mol. The third kappa shape index (κ3) is 5.99. The molecule has 204 valence electrons. The Morgan fingerprint density at radius 3 is 2.65 bits per heavy atom. The number of anilines is 3. The number of carboxylic acids is 1. The minimum absolute atomic E-state index is 0.176. The SMILES string of the molecule is Cc1cc2ccc1CCOC(=O)Nc1cccc(c1)C(CC(=O)O)NC(=O)[C@@H]2Nc1ccc2c(N)cccc2c1. The number of nitrogen functional groups attached to an aromatic ring is 1. The number of nitrogens with two attached hydrogens (primary N) is 1. The lowest BCUT2D eigenvalue weighted by Crippen LogP contribution is -2.37. The maximum Gasteiger partial charge on any atom is 0.411 e. The maximum absolute atomic E-state index is 13.9. The van der Waals surface area contributed by atoms with E-state index in [1.54, 1.807) is 24.3 Å². The van der Waals surface area contributed by atoms with E-state index in [0.717, 1.165) is 21.9 Å². The van der Waals surface area contributed by atoms with Gasteiger partial charge in [0, 0.05) is 28.9 Å². The Morgan fingerprint density at radius 2 is 1.85 bits per heavy atom. The summed E-state index contributed by atoms with van der Waals surface area (Å²) in [4.78, 5) is 38.0. The van der Waals surface area contributed by atoms with Crippen LogP contribution in [0.2, 0.25) is 0 Å². The van der Waals surface area contributed by atoms with Crippen molar-refractivity contribution in [1.82, 2.24) is 5.32 Å². The quantitative estimate of drug-likeness (QED) is 0.221. The van der Waals surface area contributed by atoms with Crippen LogP contribution in [0, 0.1) is 6.92 Å². The first kappa shape index (κ1) is 26.6. The summed E-state index contributed by atoms with van der Waals surface area (Å²) in [7, 11) is 0. The molecule has 4 aromatic rings. The Kier molecular flexibility index (Phi) is 7.54. The highest BCUT2D eigenvalue weighted by Gasteiger charge is 2.26. The van der Waals surface area contributed by atoms with E-state index in [1.807, 2.05) is 61.5 Å². The van der Waals surface area contributed by atoms with Crippen molar-refractivity contribution in [2.24, 2.45) is 0 Å². The number of rotatable bonds is 4. The van der Waals surface area contributed by atoms with Crippen LogP contribution < -0.4 is 21.7 Å². The van der Waals surface area contributed by atoms with Gasteiger partial charge in [0.2, 0.25) is 5.91 Å². The fourth-order valence-corrected chi connectivity index (χ4v) is 4.97. The third-order valence-corrected chi connectivity index (χ3v) is 7.02. The number of ether oxygens (including phenoxy) is 1. The van der Waals surface area contributed by atoms with E-state index >= 15 is 0 Å². The van der Waals surface area contributed by atoms with Gasteiger partial charge in [0.25, 0.3) is 0 Å². The zero-order chi connectivity index (χ0) is 28.2. The van der Waals surface area contributed by atoms with Gasteiger partial charge in [-0.25, -0.2) is 4.79 Å². The smallest absolute Gasteiger partial charge is 0.411 e. The standard InChI is InChI=1S/C31H30N4O5/c1-18-14-22-9-8-19(18)12-13-40-31(39)34-23-6-2-5-21(16-23)27(17-28(36)37)35-30(38)29(22)33-24-10-11-25-20(15-24)4-3-7-26(25)32/h2-11,14-16,27,29,33H,12-13,17,32H2,1H3,(H,34,39)(H,35,38)(H,36,37)/t27?,29-/m1/s1. The summed E-state index contributed by atoms with van der Waals surface area (Å²) in [6, 6.07) is 22.1. The first-order valence-corrected chi connectivity index (χ1v) is 13.0. The molecular formula is C31H30N4O5. The van der Waals surface area contributed by atoms with E-state index in [0.29, 0.717) is 34.6 Å². The molecule has 2 aliphatic rings. The summed E-state index contributed by atoms with van der Waals surface area (Å²) in [5.41, 5.74) is 11.1. The number of carboxylic acid groups (broad SMARTS) is 1. The topological polar surface area (TPSA) is 143 Å². The van der Waals surface area contributed by atoms with Crippen molar-refractivity contribution in [3.8, 4) is 0 Å². The van der Waals surface area contributed by atoms with E-state index in [4.69, 9.17) is 10.5 Å². The molecule has 6 rings (SSSR count). The summed E-state index contributed by atoms with van der Waals surface area (Å²) in [5.74, 6) is -1.47. The Labute approximate surface area is 231 Å². The third-order valence-electron chi connectivity index (χ3n) is 7.02. The monoisotopic (exact) mass is 538 g/mol. The zero-order valence-corrected chi connectivity index (χ0v) is 21.9. The summed E-state index contributed by atoms with van der Waals surface area (Å²) >= 11 is 0. The number of aryl methyl sites for hydroxylation is 1. The molecule has 9 nitrogen and oxygen atoms in total. The largest absolute Gasteiger partial charge is 0.481 e. The molecule has 4 bridgehead atoms. The number of benzene rings is 4. The Balaban J connectivity index is 1.56. The van der Waals surface area contributed by atoms with Crippen LogP contribution in [0.1, 0.15) is 40.8 Å². The Bertz CT molecular complexity index is 1600. The minimum atomic E-state index is -1.07. The molecule has 2 aliphatic heterocycles. The van der Waals surface area contributed by atoms with Crippen LogP contribution in [0.3, 0.4) is 0 Å². The molecule has 0 fully saturated rings. The van der Waals surface area contributed by atoms with Gasteiger partial charge in [-0.1, -0.05) is 48.5 Å². The highest BCUT2D eigenvalue weighted by atomic mass is 16.5. The molecule has 0 saturated carbocycles. The molecule has 0 aromatic heterocycles. The van der Waals surface area contributed by atoms with Crippen LogP contribution in [0.5, 0.6) is 0 Å².